The summed E-state index contributed by atoms with van der Waals surface area (Å²) < 4.78 is 1.65. The summed E-state index contributed by atoms with van der Waals surface area (Å²) >= 11 is 0. The zero-order valence-corrected chi connectivity index (χ0v) is 13.8. The number of amides is 1. The maximum atomic E-state index is 12.1. The lowest BCUT2D eigenvalue weighted by molar-refractivity contribution is -0.122. The zero-order chi connectivity index (χ0) is 16.2. The average Bonchev–Trinajstić information content (AvgIpc) is 2.98. The number of carbonyl (C=O) groups is 1. The number of carbonyl (C=O) groups excluding carboxylic acids is 1. The Labute approximate surface area is 136 Å². The number of fused-ring (bicyclic) bond motifs is 1. The first kappa shape index (κ1) is 15.7. The van der Waals surface area contributed by atoms with Crippen LogP contribution in [-0.2, 0) is 11.3 Å². The van der Waals surface area contributed by atoms with Gasteiger partial charge in [-0.2, -0.15) is 5.10 Å². The second-order valence-electron chi connectivity index (χ2n) is 6.16. The molecule has 2 aromatic rings. The van der Waals surface area contributed by atoms with E-state index in [0.29, 0.717) is 0 Å². The highest BCUT2D eigenvalue weighted by Gasteiger charge is 2.18. The molecule has 3 rings (SSSR count). The Kier molecular flexibility index (Phi) is 4.73. The van der Waals surface area contributed by atoms with Gasteiger partial charge in [-0.25, -0.2) is 14.6 Å². The third-order valence-electron chi connectivity index (χ3n) is 4.38. The van der Waals surface area contributed by atoms with Crippen molar-refractivity contribution >= 4 is 22.8 Å². The number of rotatable bonds is 5. The van der Waals surface area contributed by atoms with E-state index in [4.69, 9.17) is 0 Å². The van der Waals surface area contributed by atoms with Gasteiger partial charge >= 0.3 is 0 Å². The quantitative estimate of drug-likeness (QED) is 0.909. The lowest BCUT2D eigenvalue weighted by Gasteiger charge is -2.27. The highest BCUT2D eigenvalue weighted by molar-refractivity contribution is 5.87. The molecule has 124 valence electrons. The van der Waals surface area contributed by atoms with Crippen molar-refractivity contribution < 1.29 is 4.79 Å². The van der Waals surface area contributed by atoms with Crippen LogP contribution in [0.4, 0.5) is 5.82 Å². The molecular formula is C16H24N6O. The Balaban J connectivity index is 1.82. The number of aromatic nitrogens is 4. The van der Waals surface area contributed by atoms with Crippen LogP contribution in [0, 0.1) is 0 Å². The molecule has 23 heavy (non-hydrogen) atoms. The summed E-state index contributed by atoms with van der Waals surface area (Å²) in [5, 5.41) is 8.23. The number of nitrogens with zero attached hydrogens (tertiary/aromatic N) is 5. The minimum Gasteiger partial charge on any atom is -0.356 e. The fourth-order valence-corrected chi connectivity index (χ4v) is 2.91. The van der Waals surface area contributed by atoms with Crippen molar-refractivity contribution in [3.63, 3.8) is 0 Å². The largest absolute Gasteiger partial charge is 0.356 e. The Bertz CT molecular complexity index is 676. The van der Waals surface area contributed by atoms with E-state index < -0.39 is 0 Å². The molecule has 1 N–H and O–H groups in total. The first-order valence-electron chi connectivity index (χ1n) is 8.40. The fourth-order valence-electron chi connectivity index (χ4n) is 2.91. The summed E-state index contributed by atoms with van der Waals surface area (Å²) in [4.78, 5) is 23.2. The molecule has 0 unspecified atom stereocenters. The molecule has 0 spiro atoms. The first-order valence-corrected chi connectivity index (χ1v) is 8.40. The van der Waals surface area contributed by atoms with Gasteiger partial charge in [0.2, 0.25) is 5.91 Å². The van der Waals surface area contributed by atoms with Crippen molar-refractivity contribution in [3.8, 4) is 0 Å². The maximum Gasteiger partial charge on any atom is 0.242 e. The molecule has 1 aliphatic rings. The maximum absolute atomic E-state index is 12.1. The summed E-state index contributed by atoms with van der Waals surface area (Å²) in [6.45, 7) is 6.27. The topological polar surface area (TPSA) is 75.9 Å². The van der Waals surface area contributed by atoms with Gasteiger partial charge in [-0.1, -0.05) is 6.92 Å². The molecule has 1 fully saturated rings. The standard InChI is InChI=1S/C16H24N6O/c1-3-12(2)20-14(23)10-22-16-13(9-19-22)15(17-11-18-16)21-7-5-4-6-8-21/h9,11-12H,3-8,10H2,1-2H3,(H,20,23)/t12-/m1/s1. The van der Waals surface area contributed by atoms with Gasteiger partial charge in [0, 0.05) is 19.1 Å². The summed E-state index contributed by atoms with van der Waals surface area (Å²) in [7, 11) is 0. The molecule has 0 aliphatic carbocycles. The molecule has 1 amide bonds. The van der Waals surface area contributed by atoms with Crippen LogP contribution < -0.4 is 10.2 Å². The van der Waals surface area contributed by atoms with Gasteiger partial charge in [0.15, 0.2) is 5.65 Å². The van der Waals surface area contributed by atoms with Gasteiger partial charge < -0.3 is 10.2 Å². The van der Waals surface area contributed by atoms with Gasteiger partial charge in [-0.3, -0.25) is 4.79 Å². The van der Waals surface area contributed by atoms with Crippen molar-refractivity contribution in [2.24, 2.45) is 0 Å². The van der Waals surface area contributed by atoms with Crippen molar-refractivity contribution in [2.75, 3.05) is 18.0 Å². The van der Waals surface area contributed by atoms with Gasteiger partial charge in [-0.15, -0.1) is 0 Å². The fraction of sp³-hybridized carbons (Fsp3) is 0.625. The van der Waals surface area contributed by atoms with Gasteiger partial charge in [0.1, 0.15) is 18.7 Å². The summed E-state index contributed by atoms with van der Waals surface area (Å²) in [5.41, 5.74) is 0.722. The SMILES string of the molecule is CC[C@@H](C)NC(=O)Cn1ncc2c(N3CCCCC3)ncnc21. The van der Waals surface area contributed by atoms with Gasteiger partial charge in [0.25, 0.3) is 0 Å². The van der Waals surface area contributed by atoms with Crippen molar-refractivity contribution in [1.29, 1.82) is 0 Å². The number of hydrogen-bond donors (Lipinski definition) is 1. The average molecular weight is 316 g/mol. The monoisotopic (exact) mass is 316 g/mol. The summed E-state index contributed by atoms with van der Waals surface area (Å²) in [5.74, 6) is 0.894. The molecular weight excluding hydrogens is 292 g/mol. The lowest BCUT2D eigenvalue weighted by atomic mass is 10.1. The second-order valence-corrected chi connectivity index (χ2v) is 6.16. The normalized spacial score (nSPS) is 16.5. The summed E-state index contributed by atoms with van der Waals surface area (Å²) in [6.07, 6.45) is 7.91. The van der Waals surface area contributed by atoms with Crippen LogP contribution in [0.2, 0.25) is 0 Å². The second kappa shape index (κ2) is 6.93. The van der Waals surface area contributed by atoms with Crippen LogP contribution in [0.1, 0.15) is 39.5 Å². The lowest BCUT2D eigenvalue weighted by Crippen LogP contribution is -2.34. The van der Waals surface area contributed by atoms with E-state index in [-0.39, 0.29) is 18.5 Å². The molecule has 1 atom stereocenters. The molecule has 0 bridgehead atoms. The van der Waals surface area contributed by atoms with Gasteiger partial charge in [0.05, 0.1) is 11.6 Å². The number of anilines is 1. The summed E-state index contributed by atoms with van der Waals surface area (Å²) in [6, 6.07) is 0.169. The van der Waals surface area contributed by atoms with E-state index in [1.807, 2.05) is 13.8 Å². The van der Waals surface area contributed by atoms with E-state index in [1.165, 1.54) is 19.3 Å². The van der Waals surface area contributed by atoms with Crippen LogP contribution in [0.5, 0.6) is 0 Å². The molecule has 7 heteroatoms. The van der Waals surface area contributed by atoms with Crippen LogP contribution in [0.15, 0.2) is 12.5 Å². The van der Waals surface area contributed by atoms with Gasteiger partial charge in [-0.05, 0) is 32.6 Å². The van der Waals surface area contributed by atoms with Crippen molar-refractivity contribution in [2.45, 2.75) is 52.1 Å². The van der Waals surface area contributed by atoms with Crippen LogP contribution in [0.25, 0.3) is 11.0 Å². The molecule has 2 aromatic heterocycles. The molecule has 0 saturated carbocycles. The molecule has 1 saturated heterocycles. The third kappa shape index (κ3) is 3.43. The third-order valence-corrected chi connectivity index (χ3v) is 4.38. The smallest absolute Gasteiger partial charge is 0.242 e. The number of hydrogen-bond acceptors (Lipinski definition) is 5. The number of piperidine rings is 1. The van der Waals surface area contributed by atoms with E-state index in [2.05, 4.69) is 25.3 Å². The highest BCUT2D eigenvalue weighted by atomic mass is 16.2. The predicted molar refractivity (Wildman–Crippen MR) is 89.3 cm³/mol. The van der Waals surface area contributed by atoms with E-state index in [9.17, 15) is 4.79 Å². The molecule has 3 heterocycles. The Morgan fingerprint density at radius 3 is 2.83 bits per heavy atom. The minimum atomic E-state index is -0.0394. The van der Waals surface area contributed by atoms with Crippen molar-refractivity contribution in [3.05, 3.63) is 12.5 Å². The van der Waals surface area contributed by atoms with Crippen molar-refractivity contribution in [1.82, 2.24) is 25.1 Å². The predicted octanol–water partition coefficient (Wildman–Crippen LogP) is 1.73. The molecule has 7 nitrogen and oxygen atoms in total. The molecule has 1 aliphatic heterocycles. The molecule has 0 radical (unpaired) electrons. The van der Waals surface area contributed by atoms with Crippen LogP contribution in [-0.4, -0.2) is 44.8 Å². The highest BCUT2D eigenvalue weighted by Crippen LogP contribution is 2.25. The van der Waals surface area contributed by atoms with Crippen LogP contribution in [0.3, 0.4) is 0 Å². The Hall–Kier alpha value is -2.18. The zero-order valence-electron chi connectivity index (χ0n) is 13.8. The Morgan fingerprint density at radius 1 is 1.30 bits per heavy atom. The van der Waals surface area contributed by atoms with Crippen LogP contribution >= 0.6 is 0 Å². The molecule has 0 aromatic carbocycles. The van der Waals surface area contributed by atoms with E-state index >= 15 is 0 Å². The minimum absolute atomic E-state index is 0.0394. The Morgan fingerprint density at radius 2 is 2.09 bits per heavy atom. The number of nitrogens with one attached hydrogen (secondary N) is 1. The van der Waals surface area contributed by atoms with E-state index in [1.54, 1.807) is 17.2 Å². The first-order chi connectivity index (χ1) is 11.2. The van der Waals surface area contributed by atoms with E-state index in [0.717, 1.165) is 36.4 Å².